The summed E-state index contributed by atoms with van der Waals surface area (Å²) >= 11 is 0. The molecule has 0 N–H and O–H groups in total. The van der Waals surface area contributed by atoms with Crippen LogP contribution in [0, 0.1) is 0 Å². The Morgan fingerprint density at radius 2 is 1.72 bits per heavy atom. The first-order valence-corrected chi connectivity index (χ1v) is 8.51. The number of ether oxygens (including phenoxy) is 1. The lowest BCUT2D eigenvalue weighted by Crippen LogP contribution is -1.94. The zero-order chi connectivity index (χ0) is 12.4. The van der Waals surface area contributed by atoms with Gasteiger partial charge in [0.15, 0.2) is 0 Å². The largest absolute Gasteiger partial charge is 0.493 e. The second kappa shape index (κ2) is 5.23. The van der Waals surface area contributed by atoms with Gasteiger partial charge in [0.25, 0.3) is 0 Å². The van der Waals surface area contributed by atoms with Gasteiger partial charge in [-0.25, -0.2) is 10.9 Å². The zero-order valence-electron chi connectivity index (χ0n) is 10.9. The minimum Gasteiger partial charge on any atom is -0.493 e. The fourth-order valence-corrected chi connectivity index (χ4v) is 5.51. The molecule has 1 saturated heterocycles. The van der Waals surface area contributed by atoms with E-state index in [1.165, 1.54) is 35.1 Å². The molecule has 0 spiro atoms. The molecule has 0 saturated carbocycles. The van der Waals surface area contributed by atoms with Gasteiger partial charge in [-0.05, 0) is 53.7 Å². The van der Waals surface area contributed by atoms with Gasteiger partial charge in [-0.15, -0.1) is 0 Å². The molecule has 0 amide bonds. The third kappa shape index (κ3) is 2.10. The van der Waals surface area contributed by atoms with Crippen molar-refractivity contribution < 1.29 is 4.74 Å². The lowest BCUT2D eigenvalue weighted by Gasteiger charge is -2.19. The van der Waals surface area contributed by atoms with Crippen molar-refractivity contribution in [2.75, 3.05) is 18.1 Å². The molecule has 0 aromatic heterocycles. The molecule has 0 radical (unpaired) electrons. The Bertz CT molecular complexity index is 544. The van der Waals surface area contributed by atoms with E-state index in [0.717, 1.165) is 12.4 Å². The summed E-state index contributed by atoms with van der Waals surface area (Å²) in [5.41, 5.74) is 0. The quantitative estimate of drug-likeness (QED) is 0.805. The highest BCUT2D eigenvalue weighted by molar-refractivity contribution is 8.17. The minimum absolute atomic E-state index is 0.0828. The van der Waals surface area contributed by atoms with Crippen molar-refractivity contribution in [1.29, 1.82) is 0 Å². The molecule has 1 nitrogen and oxygen atoms in total. The summed E-state index contributed by atoms with van der Waals surface area (Å²) in [4.78, 5) is 1.58. The fourth-order valence-electron chi connectivity index (χ4n) is 2.77. The SMILES string of the molecule is CCOc1ccc([SH]2CCCC2)c2ccccc12. The first kappa shape index (κ1) is 11.9. The van der Waals surface area contributed by atoms with Crippen LogP contribution in [0.3, 0.4) is 0 Å². The number of hydrogen-bond acceptors (Lipinski definition) is 1. The Morgan fingerprint density at radius 1 is 1.00 bits per heavy atom. The highest BCUT2D eigenvalue weighted by Gasteiger charge is 2.16. The number of fused-ring (bicyclic) bond motifs is 1. The monoisotopic (exact) mass is 260 g/mol. The van der Waals surface area contributed by atoms with Crippen molar-refractivity contribution in [1.82, 2.24) is 0 Å². The van der Waals surface area contributed by atoms with Crippen LogP contribution in [0.2, 0.25) is 0 Å². The molecule has 1 aliphatic rings. The normalized spacial score (nSPS) is 17.3. The first-order chi connectivity index (χ1) is 8.90. The average molecular weight is 260 g/mol. The van der Waals surface area contributed by atoms with Gasteiger partial charge in [0, 0.05) is 5.39 Å². The van der Waals surface area contributed by atoms with Crippen molar-refractivity contribution in [2.24, 2.45) is 0 Å². The van der Waals surface area contributed by atoms with Crippen molar-refractivity contribution in [3.05, 3.63) is 36.4 Å². The minimum atomic E-state index is 0.0828. The van der Waals surface area contributed by atoms with E-state index in [9.17, 15) is 0 Å². The van der Waals surface area contributed by atoms with Crippen LogP contribution in [0.15, 0.2) is 41.3 Å². The molecular formula is C16H20OS. The van der Waals surface area contributed by atoms with Crippen LogP contribution in [0.1, 0.15) is 19.8 Å². The second-order valence-electron chi connectivity index (χ2n) is 4.76. The summed E-state index contributed by atoms with van der Waals surface area (Å²) in [6.45, 7) is 2.78. The maximum absolute atomic E-state index is 5.74. The summed E-state index contributed by atoms with van der Waals surface area (Å²) in [5, 5.41) is 2.70. The second-order valence-corrected chi connectivity index (χ2v) is 7.21. The fraction of sp³-hybridized carbons (Fsp3) is 0.375. The Labute approximate surface area is 112 Å². The molecule has 96 valence electrons. The maximum atomic E-state index is 5.74. The van der Waals surface area contributed by atoms with Crippen LogP contribution >= 0.6 is 10.9 Å². The van der Waals surface area contributed by atoms with E-state index < -0.39 is 0 Å². The molecule has 2 heteroatoms. The van der Waals surface area contributed by atoms with E-state index in [0.29, 0.717) is 0 Å². The molecule has 1 heterocycles. The van der Waals surface area contributed by atoms with Gasteiger partial charge in [-0.1, -0.05) is 24.3 Å². The highest BCUT2D eigenvalue weighted by Crippen LogP contribution is 2.47. The molecule has 0 aliphatic carbocycles. The summed E-state index contributed by atoms with van der Waals surface area (Å²) < 4.78 is 5.74. The smallest absolute Gasteiger partial charge is 0.127 e. The molecule has 18 heavy (non-hydrogen) atoms. The van der Waals surface area contributed by atoms with Gasteiger partial charge in [0.1, 0.15) is 5.75 Å². The average Bonchev–Trinajstić information content (AvgIpc) is 2.93. The predicted molar refractivity (Wildman–Crippen MR) is 81.3 cm³/mol. The molecule has 1 aliphatic heterocycles. The van der Waals surface area contributed by atoms with Crippen molar-refractivity contribution in [3.8, 4) is 5.75 Å². The van der Waals surface area contributed by atoms with E-state index >= 15 is 0 Å². The molecular weight excluding hydrogens is 240 g/mol. The molecule has 0 unspecified atom stereocenters. The summed E-state index contributed by atoms with van der Waals surface area (Å²) in [6, 6.07) is 13.2. The van der Waals surface area contributed by atoms with Crippen LogP contribution in [0.5, 0.6) is 5.75 Å². The predicted octanol–water partition coefficient (Wildman–Crippen LogP) is 4.39. The lowest BCUT2D eigenvalue weighted by atomic mass is 10.1. The van der Waals surface area contributed by atoms with Gasteiger partial charge in [0.2, 0.25) is 0 Å². The Balaban J connectivity index is 2.13. The number of benzene rings is 2. The lowest BCUT2D eigenvalue weighted by molar-refractivity contribution is 0.344. The summed E-state index contributed by atoms with van der Waals surface area (Å²) in [5.74, 6) is 3.85. The molecule has 1 fully saturated rings. The number of thiol groups is 1. The van der Waals surface area contributed by atoms with Gasteiger partial charge in [0.05, 0.1) is 6.61 Å². The maximum Gasteiger partial charge on any atom is 0.127 e. The summed E-state index contributed by atoms with van der Waals surface area (Å²) in [7, 11) is 0.0828. The molecule has 0 bridgehead atoms. The molecule has 2 aromatic carbocycles. The van der Waals surface area contributed by atoms with Gasteiger partial charge in [-0.3, -0.25) is 0 Å². The van der Waals surface area contributed by atoms with Crippen LogP contribution < -0.4 is 4.74 Å². The third-order valence-electron chi connectivity index (χ3n) is 3.61. The van der Waals surface area contributed by atoms with Crippen LogP contribution in [0.4, 0.5) is 0 Å². The van der Waals surface area contributed by atoms with Crippen molar-refractivity contribution in [2.45, 2.75) is 24.7 Å². The van der Waals surface area contributed by atoms with Gasteiger partial charge >= 0.3 is 0 Å². The molecule has 0 atom stereocenters. The standard InChI is InChI=1S/C16H20OS/c1-2-17-15-9-10-16(18-11-5-6-12-18)14-8-4-3-7-13(14)15/h3-4,7-10,18H,2,5-6,11-12H2,1H3. The Morgan fingerprint density at radius 3 is 2.44 bits per heavy atom. The number of hydrogen-bond donors (Lipinski definition) is 1. The van der Waals surface area contributed by atoms with E-state index in [1.54, 1.807) is 4.90 Å². The molecule has 3 rings (SSSR count). The van der Waals surface area contributed by atoms with Crippen LogP contribution in [-0.4, -0.2) is 18.1 Å². The topological polar surface area (TPSA) is 9.23 Å². The van der Waals surface area contributed by atoms with E-state index in [2.05, 4.69) is 36.4 Å². The first-order valence-electron chi connectivity index (χ1n) is 6.79. The van der Waals surface area contributed by atoms with Crippen LogP contribution in [0.25, 0.3) is 10.8 Å². The van der Waals surface area contributed by atoms with E-state index in [-0.39, 0.29) is 10.9 Å². The van der Waals surface area contributed by atoms with Crippen molar-refractivity contribution in [3.63, 3.8) is 0 Å². The van der Waals surface area contributed by atoms with Gasteiger partial charge in [-0.2, -0.15) is 0 Å². The van der Waals surface area contributed by atoms with E-state index in [4.69, 9.17) is 4.74 Å². The van der Waals surface area contributed by atoms with E-state index in [1.807, 2.05) is 6.92 Å². The number of rotatable bonds is 3. The third-order valence-corrected chi connectivity index (χ3v) is 6.39. The molecule has 2 aromatic rings. The highest BCUT2D eigenvalue weighted by atomic mass is 32.2. The Kier molecular flexibility index (Phi) is 3.46. The summed E-state index contributed by atoms with van der Waals surface area (Å²) in [6.07, 6.45) is 2.82. The Hall–Kier alpha value is -1.15. The zero-order valence-corrected chi connectivity index (χ0v) is 11.7. The van der Waals surface area contributed by atoms with Crippen LogP contribution in [-0.2, 0) is 0 Å². The van der Waals surface area contributed by atoms with Crippen molar-refractivity contribution >= 4 is 21.7 Å². The van der Waals surface area contributed by atoms with Gasteiger partial charge < -0.3 is 4.74 Å².